The third kappa shape index (κ3) is 6.75. The molecular formula is C27H32N4O3S3. The molecule has 37 heavy (non-hydrogen) atoms. The molecule has 0 aliphatic rings. The number of nitrogens with two attached hydrogens (primary N) is 1. The summed E-state index contributed by atoms with van der Waals surface area (Å²) >= 11 is 3.09. The standard InChI is InChI=1S/C27H32N4O3S3/c1-4-5-14-37(33)26-24(28)23-21(15-20(16-22(23)36-26)25-29-11-13-35-25)19-8-6-18(7-9-19)17-34-27(32)30-10-12-31(2)3/h6-9,11,13,15-16H,4-5,10,12,14,17,28H2,1-3H3,(H,30,32). The van der Waals surface area contributed by atoms with Gasteiger partial charge < -0.3 is 20.7 Å². The molecule has 4 aromatic rings. The molecule has 4 rings (SSSR count). The van der Waals surface area contributed by atoms with E-state index in [1.165, 1.54) is 11.3 Å². The normalized spacial score (nSPS) is 12.2. The quantitative estimate of drug-likeness (QED) is 0.236. The first-order chi connectivity index (χ1) is 17.9. The van der Waals surface area contributed by atoms with Gasteiger partial charge in [0.2, 0.25) is 0 Å². The number of amides is 1. The van der Waals surface area contributed by atoms with E-state index in [2.05, 4.69) is 29.4 Å². The van der Waals surface area contributed by atoms with Crippen molar-refractivity contribution in [3.05, 3.63) is 53.5 Å². The molecule has 0 spiro atoms. The minimum absolute atomic E-state index is 0.184. The van der Waals surface area contributed by atoms with Gasteiger partial charge in [-0.1, -0.05) is 37.6 Å². The molecule has 0 radical (unpaired) electrons. The number of hydrogen-bond acceptors (Lipinski definition) is 8. The number of carbonyl (C=O) groups excluding carboxylic acids is 1. The number of hydrogen-bond donors (Lipinski definition) is 2. The first-order valence-electron chi connectivity index (χ1n) is 12.2. The fourth-order valence-corrected chi connectivity index (χ4v) is 7.37. The second-order valence-electron chi connectivity index (χ2n) is 8.94. The van der Waals surface area contributed by atoms with E-state index in [0.717, 1.165) is 60.9 Å². The predicted molar refractivity (Wildman–Crippen MR) is 156 cm³/mol. The van der Waals surface area contributed by atoms with Crippen molar-refractivity contribution in [2.75, 3.05) is 38.7 Å². The Hall–Kier alpha value is -2.79. The number of rotatable bonds is 11. The van der Waals surface area contributed by atoms with Crippen LogP contribution in [0, 0.1) is 0 Å². The number of thiazole rings is 1. The molecule has 2 heterocycles. The predicted octanol–water partition coefficient (Wildman–Crippen LogP) is 5.97. The van der Waals surface area contributed by atoms with Crippen LogP contribution in [-0.4, -0.2) is 53.1 Å². The number of alkyl carbamates (subject to hydrolysis) is 1. The molecule has 0 bridgehead atoms. The number of anilines is 1. The van der Waals surface area contributed by atoms with Crippen LogP contribution in [0.2, 0.25) is 0 Å². The maximum absolute atomic E-state index is 13.0. The van der Waals surface area contributed by atoms with Crippen LogP contribution >= 0.6 is 22.7 Å². The summed E-state index contributed by atoms with van der Waals surface area (Å²) < 4.78 is 20.1. The Labute approximate surface area is 228 Å². The zero-order valence-corrected chi connectivity index (χ0v) is 23.7. The van der Waals surface area contributed by atoms with E-state index in [1.54, 1.807) is 17.5 Å². The summed E-state index contributed by atoms with van der Waals surface area (Å²) in [6, 6.07) is 12.1. The summed E-state index contributed by atoms with van der Waals surface area (Å²) in [6.45, 7) is 3.56. The van der Waals surface area contributed by atoms with Gasteiger partial charge in [-0.05, 0) is 49.3 Å². The minimum atomic E-state index is -1.13. The van der Waals surface area contributed by atoms with E-state index in [0.29, 0.717) is 18.0 Å². The summed E-state index contributed by atoms with van der Waals surface area (Å²) in [4.78, 5) is 18.4. The van der Waals surface area contributed by atoms with Crippen LogP contribution in [0.25, 0.3) is 31.8 Å². The summed E-state index contributed by atoms with van der Waals surface area (Å²) in [7, 11) is 2.77. The van der Waals surface area contributed by atoms with Gasteiger partial charge in [-0.3, -0.25) is 4.21 Å². The molecule has 1 unspecified atom stereocenters. The monoisotopic (exact) mass is 556 g/mol. The molecule has 196 valence electrons. The fraction of sp³-hybridized carbons (Fsp3) is 0.333. The van der Waals surface area contributed by atoms with Crippen LogP contribution in [0.15, 0.2) is 52.2 Å². The highest BCUT2D eigenvalue weighted by atomic mass is 32.2. The summed E-state index contributed by atoms with van der Waals surface area (Å²) in [6.07, 6.45) is 3.25. The molecule has 0 aliphatic carbocycles. The van der Waals surface area contributed by atoms with Crippen molar-refractivity contribution >= 4 is 55.3 Å². The molecule has 1 atom stereocenters. The number of unbranched alkanes of at least 4 members (excludes halogenated alkanes) is 1. The van der Waals surface area contributed by atoms with Gasteiger partial charge in [-0.15, -0.1) is 22.7 Å². The highest BCUT2D eigenvalue weighted by Crippen LogP contribution is 2.44. The van der Waals surface area contributed by atoms with Crippen LogP contribution in [0.5, 0.6) is 0 Å². The third-order valence-electron chi connectivity index (χ3n) is 5.83. The fourth-order valence-electron chi connectivity index (χ4n) is 3.85. The number of benzene rings is 2. The molecule has 0 saturated carbocycles. The molecule has 7 nitrogen and oxygen atoms in total. The number of nitrogens with one attached hydrogen (secondary N) is 1. The maximum atomic E-state index is 13.0. The van der Waals surface area contributed by atoms with Gasteiger partial charge in [0.1, 0.15) is 15.8 Å². The third-order valence-corrected chi connectivity index (χ3v) is 9.70. The molecule has 0 saturated heterocycles. The minimum Gasteiger partial charge on any atom is -0.445 e. The van der Waals surface area contributed by atoms with Crippen LogP contribution in [0.3, 0.4) is 0 Å². The first-order valence-corrected chi connectivity index (χ1v) is 15.2. The maximum Gasteiger partial charge on any atom is 0.407 e. The highest BCUT2D eigenvalue weighted by Gasteiger charge is 2.20. The molecule has 10 heteroatoms. The van der Waals surface area contributed by atoms with E-state index in [-0.39, 0.29) is 6.61 Å². The lowest BCUT2D eigenvalue weighted by atomic mass is 9.98. The zero-order chi connectivity index (χ0) is 26.4. The second-order valence-corrected chi connectivity index (χ2v) is 12.7. The van der Waals surface area contributed by atoms with Gasteiger partial charge in [-0.25, -0.2) is 9.78 Å². The molecule has 0 fully saturated rings. The van der Waals surface area contributed by atoms with E-state index in [9.17, 15) is 9.00 Å². The number of fused-ring (bicyclic) bond motifs is 1. The van der Waals surface area contributed by atoms with Gasteiger partial charge in [0, 0.05) is 46.1 Å². The molecule has 2 aromatic carbocycles. The van der Waals surface area contributed by atoms with Gasteiger partial charge in [0.25, 0.3) is 0 Å². The topological polar surface area (TPSA) is 97.5 Å². The lowest BCUT2D eigenvalue weighted by Crippen LogP contribution is -2.31. The number of ether oxygens (including phenoxy) is 1. The van der Waals surface area contributed by atoms with Crippen molar-refractivity contribution in [1.82, 2.24) is 15.2 Å². The Morgan fingerprint density at radius 3 is 2.65 bits per heavy atom. The summed E-state index contributed by atoms with van der Waals surface area (Å²) in [5, 5.41) is 6.55. The van der Waals surface area contributed by atoms with Crippen LogP contribution in [-0.2, 0) is 22.1 Å². The SMILES string of the molecule is CCCCS(=O)c1sc2cc(-c3nccs3)cc(-c3ccc(COC(=O)NCCN(C)C)cc3)c2c1N. The number of carbonyl (C=O) groups is 1. The Morgan fingerprint density at radius 1 is 1.19 bits per heavy atom. The van der Waals surface area contributed by atoms with Crippen LogP contribution in [0.4, 0.5) is 10.5 Å². The number of aromatic nitrogens is 1. The average molecular weight is 557 g/mol. The van der Waals surface area contributed by atoms with E-state index in [4.69, 9.17) is 10.5 Å². The van der Waals surface area contributed by atoms with Gasteiger partial charge in [0.05, 0.1) is 16.5 Å². The van der Waals surface area contributed by atoms with Crippen molar-refractivity contribution in [3.8, 4) is 21.7 Å². The van der Waals surface area contributed by atoms with Crippen LogP contribution in [0.1, 0.15) is 25.3 Å². The Balaban J connectivity index is 1.62. The van der Waals surface area contributed by atoms with Gasteiger partial charge in [0.15, 0.2) is 0 Å². The van der Waals surface area contributed by atoms with E-state index in [1.807, 2.05) is 48.6 Å². The zero-order valence-electron chi connectivity index (χ0n) is 21.3. The molecule has 0 aliphatic heterocycles. The van der Waals surface area contributed by atoms with E-state index < -0.39 is 16.9 Å². The summed E-state index contributed by atoms with van der Waals surface area (Å²) in [5.41, 5.74) is 11.1. The Bertz CT molecular complexity index is 1370. The van der Waals surface area contributed by atoms with Crippen molar-refractivity contribution in [2.24, 2.45) is 0 Å². The lowest BCUT2D eigenvalue weighted by molar-refractivity contribution is 0.139. The van der Waals surface area contributed by atoms with Crippen molar-refractivity contribution in [3.63, 3.8) is 0 Å². The molecule has 3 N–H and O–H groups in total. The smallest absolute Gasteiger partial charge is 0.407 e. The second kappa shape index (κ2) is 12.6. The Morgan fingerprint density at radius 2 is 1.97 bits per heavy atom. The van der Waals surface area contributed by atoms with Crippen molar-refractivity contribution in [1.29, 1.82) is 0 Å². The van der Waals surface area contributed by atoms with Gasteiger partial charge in [-0.2, -0.15) is 0 Å². The number of thiophene rings is 1. The molecule has 2 aromatic heterocycles. The highest BCUT2D eigenvalue weighted by molar-refractivity contribution is 7.87. The number of nitrogen functional groups attached to an aromatic ring is 1. The largest absolute Gasteiger partial charge is 0.445 e. The number of likely N-dealkylation sites (N-methyl/N-ethyl adjacent to an activating group) is 1. The molecule has 1 amide bonds. The van der Waals surface area contributed by atoms with Crippen molar-refractivity contribution in [2.45, 2.75) is 30.6 Å². The summed E-state index contributed by atoms with van der Waals surface area (Å²) in [5.74, 6) is 0.611. The molecular weight excluding hydrogens is 525 g/mol. The Kier molecular flexibility index (Phi) is 9.31. The van der Waals surface area contributed by atoms with E-state index >= 15 is 0 Å². The number of nitrogens with zero attached hydrogens (tertiary/aromatic N) is 2. The van der Waals surface area contributed by atoms with Crippen LogP contribution < -0.4 is 11.1 Å². The first kappa shape index (κ1) is 27.3. The lowest BCUT2D eigenvalue weighted by Gasteiger charge is -2.11. The van der Waals surface area contributed by atoms with Gasteiger partial charge >= 0.3 is 6.09 Å². The van der Waals surface area contributed by atoms with Crippen molar-refractivity contribution < 1.29 is 13.7 Å². The average Bonchev–Trinajstić information content (AvgIpc) is 3.54.